The third kappa shape index (κ3) is 7.86. The molecule has 0 aromatic heterocycles. The van der Waals surface area contributed by atoms with Gasteiger partial charge in [0.25, 0.3) is 0 Å². The van der Waals surface area contributed by atoms with Crippen LogP contribution in [0.3, 0.4) is 0 Å². The number of nitrogens with zero attached hydrogens (tertiary/aromatic N) is 3. The average Bonchev–Trinajstić information content (AvgIpc) is 2.83. The number of ether oxygens (including phenoxy) is 1. The van der Waals surface area contributed by atoms with Crippen molar-refractivity contribution in [2.24, 2.45) is 4.99 Å². The summed E-state index contributed by atoms with van der Waals surface area (Å²) in [6, 6.07) is 14.4. The summed E-state index contributed by atoms with van der Waals surface area (Å²) >= 11 is 0. The van der Waals surface area contributed by atoms with Crippen LogP contribution in [0.5, 0.6) is 0 Å². The summed E-state index contributed by atoms with van der Waals surface area (Å²) in [5.74, 6) is -0.309. The molecule has 0 aliphatic carbocycles. The monoisotopic (exact) mass is 467 g/mol. The Morgan fingerprint density at radius 2 is 1.76 bits per heavy atom. The first-order chi connectivity index (χ1) is 16.4. The number of carboxylic acid groups (broad SMARTS) is 1. The predicted octanol–water partition coefficient (Wildman–Crippen LogP) is 2.75. The molecule has 182 valence electrons. The lowest BCUT2D eigenvalue weighted by molar-refractivity contribution is -0.117. The van der Waals surface area contributed by atoms with Crippen LogP contribution in [0.1, 0.15) is 22.3 Å². The van der Waals surface area contributed by atoms with Crippen LogP contribution in [-0.2, 0) is 9.53 Å². The molecule has 9 nitrogen and oxygen atoms in total. The molecule has 9 heteroatoms. The molecule has 0 radical (unpaired) electrons. The lowest BCUT2D eigenvalue weighted by atomic mass is 10.2. The Morgan fingerprint density at radius 3 is 2.44 bits per heavy atom. The standard InChI is InChI=1S/C25H33N5O4/c1-19-7-9-21(10-8-19)27-23(31)18-29-12-14-30(15-13-29)25(26-11-4-16-34-2)28-22-6-3-5-20(17-22)24(32)33/h3,5-10,17H,4,11-16,18H2,1-2H3,(H,26,28)(H,27,31)(H,32,33). The van der Waals surface area contributed by atoms with Crippen LogP contribution in [0.2, 0.25) is 0 Å². The fourth-order valence-corrected chi connectivity index (χ4v) is 3.63. The Balaban J connectivity index is 1.57. The van der Waals surface area contributed by atoms with E-state index in [0.29, 0.717) is 44.4 Å². The van der Waals surface area contributed by atoms with Crippen LogP contribution in [0.4, 0.5) is 11.4 Å². The number of carboxylic acids is 1. The first-order valence-corrected chi connectivity index (χ1v) is 11.4. The van der Waals surface area contributed by atoms with Crippen molar-refractivity contribution in [3.8, 4) is 0 Å². The second kappa shape index (κ2) is 12.7. The van der Waals surface area contributed by atoms with Gasteiger partial charge in [-0.15, -0.1) is 0 Å². The highest BCUT2D eigenvalue weighted by atomic mass is 16.5. The van der Waals surface area contributed by atoms with Crippen molar-refractivity contribution in [3.63, 3.8) is 0 Å². The molecule has 1 aliphatic heterocycles. The molecule has 1 aliphatic rings. The molecule has 2 aromatic carbocycles. The average molecular weight is 468 g/mol. The van der Waals surface area contributed by atoms with Crippen LogP contribution in [0.15, 0.2) is 53.5 Å². The van der Waals surface area contributed by atoms with Gasteiger partial charge in [0.15, 0.2) is 5.96 Å². The normalized spacial score (nSPS) is 14.6. The first kappa shape index (κ1) is 25.2. The number of benzene rings is 2. The van der Waals surface area contributed by atoms with Crippen LogP contribution in [0, 0.1) is 6.92 Å². The number of carbonyl (C=O) groups is 2. The second-order valence-electron chi connectivity index (χ2n) is 8.24. The quantitative estimate of drug-likeness (QED) is 0.296. The number of nitrogens with one attached hydrogen (secondary N) is 2. The van der Waals surface area contributed by atoms with E-state index in [0.717, 1.165) is 30.8 Å². The fourth-order valence-electron chi connectivity index (χ4n) is 3.63. The lowest BCUT2D eigenvalue weighted by Gasteiger charge is -2.36. The summed E-state index contributed by atoms with van der Waals surface area (Å²) in [4.78, 5) is 32.7. The van der Waals surface area contributed by atoms with Crippen molar-refractivity contribution in [2.75, 3.05) is 63.6 Å². The van der Waals surface area contributed by atoms with E-state index in [1.165, 1.54) is 0 Å². The van der Waals surface area contributed by atoms with Gasteiger partial charge in [0.2, 0.25) is 5.91 Å². The summed E-state index contributed by atoms with van der Waals surface area (Å²) in [5, 5.41) is 15.5. The Morgan fingerprint density at radius 1 is 1.03 bits per heavy atom. The summed E-state index contributed by atoms with van der Waals surface area (Å²) in [5.41, 5.74) is 2.84. The summed E-state index contributed by atoms with van der Waals surface area (Å²) in [7, 11) is 1.66. The van der Waals surface area contributed by atoms with Crippen LogP contribution >= 0.6 is 0 Å². The molecule has 1 saturated heterocycles. The minimum atomic E-state index is -0.972. The maximum atomic E-state index is 12.4. The molecular weight excluding hydrogens is 434 g/mol. The Bertz CT molecular complexity index is 985. The molecule has 0 unspecified atom stereocenters. The summed E-state index contributed by atoms with van der Waals surface area (Å²) < 4.78 is 5.12. The predicted molar refractivity (Wildman–Crippen MR) is 134 cm³/mol. The molecule has 1 heterocycles. The van der Waals surface area contributed by atoms with Gasteiger partial charge in [-0.2, -0.15) is 0 Å². The number of aryl methyl sites for hydroxylation is 1. The molecule has 0 bridgehead atoms. The van der Waals surface area contributed by atoms with Gasteiger partial charge in [-0.25, -0.2) is 4.79 Å². The zero-order chi connectivity index (χ0) is 24.3. The van der Waals surface area contributed by atoms with Crippen molar-refractivity contribution in [3.05, 3.63) is 59.7 Å². The molecule has 3 N–H and O–H groups in total. The van der Waals surface area contributed by atoms with E-state index in [2.05, 4.69) is 20.4 Å². The highest BCUT2D eigenvalue weighted by Gasteiger charge is 2.22. The van der Waals surface area contributed by atoms with Gasteiger partial charge in [0.05, 0.1) is 12.1 Å². The van der Waals surface area contributed by atoms with Gasteiger partial charge in [0, 0.05) is 57.8 Å². The highest BCUT2D eigenvalue weighted by Crippen LogP contribution is 2.14. The number of carbonyl (C=O) groups excluding carboxylic acids is 1. The molecular formula is C25H33N5O4. The largest absolute Gasteiger partial charge is 0.478 e. The van der Waals surface area contributed by atoms with Gasteiger partial charge < -0.3 is 25.4 Å². The van der Waals surface area contributed by atoms with Gasteiger partial charge in [0.1, 0.15) is 0 Å². The zero-order valence-corrected chi connectivity index (χ0v) is 19.8. The van der Waals surface area contributed by atoms with E-state index in [9.17, 15) is 14.7 Å². The van der Waals surface area contributed by atoms with Crippen LogP contribution in [0.25, 0.3) is 0 Å². The number of methoxy groups -OCH3 is 1. The molecule has 0 atom stereocenters. The number of aromatic carboxylic acids is 1. The Labute approximate surface area is 200 Å². The van der Waals surface area contributed by atoms with Gasteiger partial charge in [-0.1, -0.05) is 23.8 Å². The van der Waals surface area contributed by atoms with Crippen LogP contribution in [-0.4, -0.2) is 85.7 Å². The molecule has 2 aromatic rings. The minimum Gasteiger partial charge on any atom is -0.478 e. The highest BCUT2D eigenvalue weighted by molar-refractivity contribution is 5.96. The number of guanidine groups is 1. The van der Waals surface area contributed by atoms with Gasteiger partial charge in [-0.05, 0) is 43.7 Å². The minimum absolute atomic E-state index is 0.0330. The molecule has 3 rings (SSSR count). The number of rotatable bonds is 9. The number of hydrogen-bond donors (Lipinski definition) is 3. The SMILES string of the molecule is COCCCN=C(Nc1cccc(C(=O)O)c1)N1CCN(CC(=O)Nc2ccc(C)cc2)CC1. The smallest absolute Gasteiger partial charge is 0.335 e. The van der Waals surface area contributed by atoms with E-state index in [1.54, 1.807) is 25.3 Å². The van der Waals surface area contributed by atoms with E-state index in [1.807, 2.05) is 37.3 Å². The number of amides is 1. The third-order valence-electron chi connectivity index (χ3n) is 5.51. The van der Waals surface area contributed by atoms with Crippen molar-refractivity contribution in [1.29, 1.82) is 0 Å². The lowest BCUT2D eigenvalue weighted by Crippen LogP contribution is -2.52. The first-order valence-electron chi connectivity index (χ1n) is 11.4. The van der Waals surface area contributed by atoms with Crippen LogP contribution < -0.4 is 10.6 Å². The summed E-state index contributed by atoms with van der Waals surface area (Å²) in [6.45, 7) is 6.39. The maximum Gasteiger partial charge on any atom is 0.335 e. The summed E-state index contributed by atoms with van der Waals surface area (Å²) in [6.07, 6.45) is 0.788. The Kier molecular flexibility index (Phi) is 9.42. The van der Waals surface area contributed by atoms with Gasteiger partial charge in [-0.3, -0.25) is 14.7 Å². The number of piperazine rings is 1. The van der Waals surface area contributed by atoms with E-state index in [4.69, 9.17) is 9.73 Å². The molecule has 34 heavy (non-hydrogen) atoms. The van der Waals surface area contributed by atoms with Crippen molar-refractivity contribution in [2.45, 2.75) is 13.3 Å². The fraction of sp³-hybridized carbons (Fsp3) is 0.400. The molecule has 0 saturated carbocycles. The molecule has 0 spiro atoms. The molecule has 1 fully saturated rings. The maximum absolute atomic E-state index is 12.4. The van der Waals surface area contributed by atoms with E-state index >= 15 is 0 Å². The second-order valence-corrected chi connectivity index (χ2v) is 8.24. The number of hydrogen-bond acceptors (Lipinski definition) is 5. The van der Waals surface area contributed by atoms with E-state index < -0.39 is 5.97 Å². The van der Waals surface area contributed by atoms with Crippen molar-refractivity contribution < 1.29 is 19.4 Å². The number of aliphatic imine (C=N–C) groups is 1. The van der Waals surface area contributed by atoms with Crippen molar-refractivity contribution in [1.82, 2.24) is 9.80 Å². The third-order valence-corrected chi connectivity index (χ3v) is 5.51. The Hall–Kier alpha value is -3.43. The topological polar surface area (TPSA) is 106 Å². The molecule has 1 amide bonds. The van der Waals surface area contributed by atoms with E-state index in [-0.39, 0.29) is 11.5 Å². The number of anilines is 2. The van der Waals surface area contributed by atoms with Gasteiger partial charge >= 0.3 is 5.97 Å². The van der Waals surface area contributed by atoms with Crippen molar-refractivity contribution >= 4 is 29.2 Å². The zero-order valence-electron chi connectivity index (χ0n) is 19.8.